The number of likely N-dealkylation sites (tertiary alicyclic amines) is 1. The number of benzene rings is 1. The van der Waals surface area contributed by atoms with E-state index in [9.17, 15) is 4.79 Å². The van der Waals surface area contributed by atoms with Crippen molar-refractivity contribution in [2.75, 3.05) is 19.7 Å². The molecule has 4 nitrogen and oxygen atoms in total. The van der Waals surface area contributed by atoms with Crippen LogP contribution in [0.5, 0.6) is 5.75 Å². The summed E-state index contributed by atoms with van der Waals surface area (Å²) >= 11 is 0. The van der Waals surface area contributed by atoms with Gasteiger partial charge >= 0.3 is 0 Å². The molecule has 1 unspecified atom stereocenters. The summed E-state index contributed by atoms with van der Waals surface area (Å²) in [5.41, 5.74) is 1.15. The van der Waals surface area contributed by atoms with Gasteiger partial charge in [-0.05, 0) is 24.6 Å². The van der Waals surface area contributed by atoms with Crippen LogP contribution in [0.2, 0.25) is 0 Å². The Bertz CT molecular complexity index is 479. The normalized spacial score (nSPS) is 18.8. The fourth-order valence-corrected chi connectivity index (χ4v) is 2.05. The molecular formula is C14H16N2O2. The summed E-state index contributed by atoms with van der Waals surface area (Å²) in [5.74, 6) is 0.712. The molecule has 4 heteroatoms. The van der Waals surface area contributed by atoms with Crippen LogP contribution in [0.1, 0.15) is 12.0 Å². The van der Waals surface area contributed by atoms with Crippen molar-refractivity contribution in [2.45, 2.75) is 13.3 Å². The highest BCUT2D eigenvalue weighted by atomic mass is 16.5. The molecule has 0 spiro atoms. The van der Waals surface area contributed by atoms with Gasteiger partial charge < -0.3 is 9.64 Å². The Labute approximate surface area is 107 Å². The molecule has 1 saturated heterocycles. The maximum absolute atomic E-state index is 11.6. The van der Waals surface area contributed by atoms with E-state index < -0.39 is 0 Å². The maximum atomic E-state index is 11.6. The van der Waals surface area contributed by atoms with Gasteiger partial charge in [0, 0.05) is 13.0 Å². The van der Waals surface area contributed by atoms with E-state index in [4.69, 9.17) is 10.00 Å². The highest BCUT2D eigenvalue weighted by molar-refractivity contribution is 5.79. The molecule has 1 atom stereocenters. The van der Waals surface area contributed by atoms with Crippen LogP contribution in [0.25, 0.3) is 0 Å². The average molecular weight is 244 g/mol. The number of nitrogens with zero attached hydrogens (tertiary/aromatic N) is 2. The second-order valence-electron chi connectivity index (χ2n) is 4.53. The van der Waals surface area contributed by atoms with Crippen molar-refractivity contribution in [3.8, 4) is 11.8 Å². The van der Waals surface area contributed by atoms with E-state index in [1.807, 2.05) is 31.2 Å². The monoisotopic (exact) mass is 244 g/mol. The molecule has 2 rings (SSSR count). The number of carbonyl (C=O) groups excluding carboxylic acids is 1. The van der Waals surface area contributed by atoms with Gasteiger partial charge in [0.1, 0.15) is 12.4 Å². The van der Waals surface area contributed by atoms with Gasteiger partial charge in [0.15, 0.2) is 0 Å². The second-order valence-corrected chi connectivity index (χ2v) is 4.53. The first-order chi connectivity index (χ1) is 8.69. The summed E-state index contributed by atoms with van der Waals surface area (Å²) in [6.07, 6.45) is 0.348. The summed E-state index contributed by atoms with van der Waals surface area (Å²) in [5, 5.41) is 8.78. The average Bonchev–Trinajstić information content (AvgIpc) is 2.71. The lowest BCUT2D eigenvalue weighted by molar-refractivity contribution is -0.128. The molecular weight excluding hydrogens is 228 g/mol. The largest absolute Gasteiger partial charge is 0.492 e. The fourth-order valence-electron chi connectivity index (χ4n) is 2.05. The molecule has 0 radical (unpaired) electrons. The van der Waals surface area contributed by atoms with Crippen LogP contribution in [0, 0.1) is 24.2 Å². The third kappa shape index (κ3) is 3.01. The Hall–Kier alpha value is -2.02. The smallest absolute Gasteiger partial charge is 0.224 e. The van der Waals surface area contributed by atoms with Gasteiger partial charge in [0.2, 0.25) is 5.91 Å². The highest BCUT2D eigenvalue weighted by Gasteiger charge is 2.28. The van der Waals surface area contributed by atoms with Gasteiger partial charge in [-0.15, -0.1) is 0 Å². The molecule has 1 aromatic carbocycles. The first-order valence-electron chi connectivity index (χ1n) is 6.06. The van der Waals surface area contributed by atoms with E-state index in [0.717, 1.165) is 11.3 Å². The Morgan fingerprint density at radius 3 is 3.06 bits per heavy atom. The Kier molecular flexibility index (Phi) is 3.83. The minimum atomic E-state index is -0.156. The van der Waals surface area contributed by atoms with Crippen LogP contribution in [0.4, 0.5) is 0 Å². The zero-order chi connectivity index (χ0) is 13.0. The van der Waals surface area contributed by atoms with Crippen LogP contribution in [0.3, 0.4) is 0 Å². The fraction of sp³-hybridized carbons (Fsp3) is 0.429. The summed E-state index contributed by atoms with van der Waals surface area (Å²) in [6.45, 7) is 3.55. The van der Waals surface area contributed by atoms with Crippen molar-refractivity contribution < 1.29 is 9.53 Å². The minimum Gasteiger partial charge on any atom is -0.492 e. The van der Waals surface area contributed by atoms with Gasteiger partial charge in [-0.1, -0.05) is 12.1 Å². The molecule has 0 N–H and O–H groups in total. The SMILES string of the molecule is Cc1cccc(OCCN2CC(C#N)CC2=O)c1. The quantitative estimate of drug-likeness (QED) is 0.810. The molecule has 0 aliphatic carbocycles. The molecule has 1 heterocycles. The van der Waals surface area contributed by atoms with E-state index in [2.05, 4.69) is 6.07 Å². The molecule has 1 aliphatic heterocycles. The van der Waals surface area contributed by atoms with Crippen LogP contribution >= 0.6 is 0 Å². The third-order valence-corrected chi connectivity index (χ3v) is 3.02. The Morgan fingerprint density at radius 2 is 2.39 bits per heavy atom. The van der Waals surface area contributed by atoms with Crippen LogP contribution in [0.15, 0.2) is 24.3 Å². The molecule has 1 aromatic rings. The van der Waals surface area contributed by atoms with Crippen LogP contribution in [-0.4, -0.2) is 30.5 Å². The lowest BCUT2D eigenvalue weighted by atomic mass is 10.1. The van der Waals surface area contributed by atoms with Gasteiger partial charge in [-0.3, -0.25) is 4.79 Å². The van der Waals surface area contributed by atoms with E-state index in [-0.39, 0.29) is 11.8 Å². The predicted octanol–water partition coefficient (Wildman–Crippen LogP) is 1.75. The number of aryl methyl sites for hydroxylation is 1. The molecule has 94 valence electrons. The Balaban J connectivity index is 1.79. The number of ether oxygens (including phenoxy) is 1. The van der Waals surface area contributed by atoms with Crippen molar-refractivity contribution in [3.63, 3.8) is 0 Å². The number of hydrogen-bond donors (Lipinski definition) is 0. The van der Waals surface area contributed by atoms with Crippen LogP contribution in [-0.2, 0) is 4.79 Å². The molecule has 1 fully saturated rings. The molecule has 1 aliphatic rings. The van der Waals surface area contributed by atoms with Crippen molar-refractivity contribution in [2.24, 2.45) is 5.92 Å². The van der Waals surface area contributed by atoms with Gasteiger partial charge in [-0.2, -0.15) is 5.26 Å². The van der Waals surface area contributed by atoms with Crippen LogP contribution < -0.4 is 4.74 Å². The summed E-state index contributed by atoms with van der Waals surface area (Å²) in [7, 11) is 0. The van der Waals surface area contributed by atoms with Gasteiger partial charge in [0.05, 0.1) is 18.5 Å². The van der Waals surface area contributed by atoms with E-state index >= 15 is 0 Å². The molecule has 18 heavy (non-hydrogen) atoms. The second kappa shape index (κ2) is 5.54. The lowest BCUT2D eigenvalue weighted by Gasteiger charge is -2.16. The van der Waals surface area contributed by atoms with Crippen molar-refractivity contribution in [1.82, 2.24) is 4.90 Å². The number of carbonyl (C=O) groups is 1. The number of hydrogen-bond acceptors (Lipinski definition) is 3. The summed E-state index contributed by atoms with van der Waals surface area (Å²) in [4.78, 5) is 13.3. The van der Waals surface area contributed by atoms with Gasteiger partial charge in [-0.25, -0.2) is 0 Å². The molecule has 0 saturated carbocycles. The van der Waals surface area contributed by atoms with Crippen molar-refractivity contribution in [1.29, 1.82) is 5.26 Å². The van der Waals surface area contributed by atoms with E-state index in [1.54, 1.807) is 4.90 Å². The topological polar surface area (TPSA) is 53.3 Å². The zero-order valence-electron chi connectivity index (χ0n) is 10.4. The predicted molar refractivity (Wildman–Crippen MR) is 67.0 cm³/mol. The van der Waals surface area contributed by atoms with E-state index in [0.29, 0.717) is 26.1 Å². The van der Waals surface area contributed by atoms with Crippen molar-refractivity contribution >= 4 is 5.91 Å². The molecule has 0 bridgehead atoms. The lowest BCUT2D eigenvalue weighted by Crippen LogP contribution is -2.29. The summed E-state index contributed by atoms with van der Waals surface area (Å²) in [6, 6.07) is 9.95. The van der Waals surface area contributed by atoms with Crippen molar-refractivity contribution in [3.05, 3.63) is 29.8 Å². The third-order valence-electron chi connectivity index (χ3n) is 3.02. The number of rotatable bonds is 4. The molecule has 0 aromatic heterocycles. The minimum absolute atomic E-state index is 0.0504. The number of amides is 1. The maximum Gasteiger partial charge on any atom is 0.224 e. The highest BCUT2D eigenvalue weighted by Crippen LogP contribution is 2.17. The Morgan fingerprint density at radius 1 is 1.56 bits per heavy atom. The standard InChI is InChI=1S/C14H16N2O2/c1-11-3-2-4-13(7-11)18-6-5-16-10-12(9-15)8-14(16)17/h2-4,7,12H,5-6,8,10H2,1H3. The molecule has 1 amide bonds. The summed E-state index contributed by atoms with van der Waals surface area (Å²) < 4.78 is 5.59. The van der Waals surface area contributed by atoms with Gasteiger partial charge in [0.25, 0.3) is 0 Å². The first-order valence-corrected chi connectivity index (χ1v) is 6.06. The first kappa shape index (κ1) is 12.4. The number of nitriles is 1. The zero-order valence-corrected chi connectivity index (χ0v) is 10.4. The van der Waals surface area contributed by atoms with E-state index in [1.165, 1.54) is 0 Å².